The van der Waals surface area contributed by atoms with E-state index in [2.05, 4.69) is 0 Å². The first-order chi connectivity index (χ1) is 38.5. The first-order valence-electron chi connectivity index (χ1n) is 21.8. The molecular weight excluding hydrogens is 1320 g/mol. The molecule has 4 rings (SSSR count). The fraction of sp³-hybridized carbons (Fsp3) is 0.375. The highest BCUT2D eigenvalue weighted by Crippen LogP contribution is 2.65. The summed E-state index contributed by atoms with van der Waals surface area (Å²) in [4.78, 5) is 0. The molecule has 0 unspecified atom stereocenters. The predicted molar refractivity (Wildman–Crippen MR) is 219 cm³/mol. The van der Waals surface area contributed by atoms with Crippen LogP contribution < -0.4 is 0 Å². The first kappa shape index (κ1) is 72.8. The van der Waals surface area contributed by atoms with Crippen LogP contribution in [0.3, 0.4) is 0 Å². The van der Waals surface area contributed by atoms with Gasteiger partial charge in [0, 0.05) is 0 Å². The van der Waals surface area contributed by atoms with Crippen molar-refractivity contribution in [2.24, 2.45) is 0 Å². The topological polar surface area (TPSA) is 0 Å². The summed E-state index contributed by atoms with van der Waals surface area (Å²) in [5.74, 6) is -126. The second kappa shape index (κ2) is 21.8. The molecule has 0 aromatic heterocycles. The maximum Gasteiger partial charge on any atom is 0.460 e. The number of hydrogen-bond donors (Lipinski definition) is 0. The van der Waals surface area contributed by atoms with Crippen molar-refractivity contribution in [2.75, 3.05) is 0 Å². The molecule has 0 bridgehead atoms. The van der Waals surface area contributed by atoms with Crippen LogP contribution >= 0.6 is 0 Å². The summed E-state index contributed by atoms with van der Waals surface area (Å²) in [5, 5.41) is 0. The minimum atomic E-state index is -8.84. The molecule has 0 radical (unpaired) electrons. The van der Waals surface area contributed by atoms with E-state index in [1.165, 1.54) is 0 Å². The number of allylic oxidation sites excluding steroid dienone is 3. The molecule has 0 aliphatic heterocycles. The molecule has 486 valence electrons. The zero-order valence-electron chi connectivity index (χ0n) is 40.4. The fourth-order valence-electron chi connectivity index (χ4n) is 7.15. The van der Waals surface area contributed by atoms with Gasteiger partial charge in [-0.1, -0.05) is 103 Å². The zero-order valence-corrected chi connectivity index (χ0v) is 40.4. The standard InChI is InChI=1S/C48H21F39/c49-31(50,34(55,56)37(61,62)40(67,68)43(73,74)46(79,80)81)19-28(22-10-4-1-5-11-22)25-16-17-26(29(23-12-6-2-7-13-23)20-32(51,52)35(57,58)38(63,64)41(69,70)44(75,76)47(82,83)84)27(18-25)30(24-14-8-3-9-15-24)21-33(53,54)36(59,60)39(65,66)42(71,72)45(77,78)48(85,86)87/h1-21H/b28-19+,29-20+,30-21+. The summed E-state index contributed by atoms with van der Waals surface area (Å²) in [5.41, 5.74) is -18.9. The molecule has 4 aromatic carbocycles. The summed E-state index contributed by atoms with van der Waals surface area (Å²) in [6.07, 6.45) is -30.2. The lowest BCUT2D eigenvalue weighted by Crippen LogP contribution is -2.69. The Labute approximate surface area is 456 Å². The summed E-state index contributed by atoms with van der Waals surface area (Å²) >= 11 is 0. The van der Waals surface area contributed by atoms with E-state index in [1.54, 1.807) is 0 Å². The van der Waals surface area contributed by atoms with E-state index in [1.807, 2.05) is 0 Å². The van der Waals surface area contributed by atoms with Crippen molar-refractivity contribution in [2.45, 2.75) is 107 Å². The van der Waals surface area contributed by atoms with E-state index in [0.29, 0.717) is 48.5 Å². The Kier molecular flexibility index (Phi) is 18.3. The molecule has 39 heteroatoms. The van der Waals surface area contributed by atoms with E-state index in [0.717, 1.165) is 6.07 Å². The third-order valence-corrected chi connectivity index (χ3v) is 12.0. The fourth-order valence-corrected chi connectivity index (χ4v) is 7.15. The van der Waals surface area contributed by atoms with Gasteiger partial charge in [0.15, 0.2) is 0 Å². The Bertz CT molecular complexity index is 3170. The molecule has 4 aromatic rings. The minimum Gasteiger partial charge on any atom is -0.195 e. The Hall–Kier alpha value is -6.63. The second-order valence-electron chi connectivity index (χ2n) is 17.8. The molecule has 87 heavy (non-hydrogen) atoms. The molecule has 0 heterocycles. The number of halogens is 39. The number of hydrogen-bond acceptors (Lipinski definition) is 0. The Morgan fingerprint density at radius 3 is 0.644 bits per heavy atom. The van der Waals surface area contributed by atoms with Crippen molar-refractivity contribution in [1.29, 1.82) is 0 Å². The van der Waals surface area contributed by atoms with E-state index in [-0.39, 0.29) is 42.5 Å². The van der Waals surface area contributed by atoms with Crippen LogP contribution in [0.5, 0.6) is 0 Å². The van der Waals surface area contributed by atoms with Gasteiger partial charge in [-0.15, -0.1) is 0 Å². The van der Waals surface area contributed by atoms with Crippen molar-refractivity contribution in [1.82, 2.24) is 0 Å². The van der Waals surface area contributed by atoms with Crippen LogP contribution in [-0.4, -0.2) is 107 Å². The quantitative estimate of drug-likeness (QED) is 0.0730. The number of rotatable bonds is 21. The molecule has 0 amide bonds. The van der Waals surface area contributed by atoms with Crippen LogP contribution in [0.1, 0.15) is 33.4 Å². The van der Waals surface area contributed by atoms with Crippen LogP contribution in [0.2, 0.25) is 0 Å². The van der Waals surface area contributed by atoms with Gasteiger partial charge in [-0.05, 0) is 74.4 Å². The summed E-state index contributed by atoms with van der Waals surface area (Å²) < 4.78 is 563. The Morgan fingerprint density at radius 1 is 0.195 bits per heavy atom. The molecule has 0 atom stereocenters. The molecule has 0 spiro atoms. The third kappa shape index (κ3) is 11.4. The Morgan fingerprint density at radius 2 is 0.402 bits per heavy atom. The monoisotopic (exact) mass is 1340 g/mol. The summed E-state index contributed by atoms with van der Waals surface area (Å²) in [6, 6.07) is 3.76. The number of alkyl halides is 39. The zero-order chi connectivity index (χ0) is 68.0. The van der Waals surface area contributed by atoms with E-state index < -0.39 is 188 Å². The average molecular weight is 1340 g/mol. The van der Waals surface area contributed by atoms with Crippen molar-refractivity contribution < 1.29 is 171 Å². The van der Waals surface area contributed by atoms with Gasteiger partial charge in [0.1, 0.15) is 0 Å². The van der Waals surface area contributed by atoms with E-state index >= 15 is 52.7 Å². The van der Waals surface area contributed by atoms with Gasteiger partial charge < -0.3 is 0 Å². The van der Waals surface area contributed by atoms with Gasteiger partial charge in [-0.3, -0.25) is 0 Å². The van der Waals surface area contributed by atoms with Gasteiger partial charge in [0.2, 0.25) is 0 Å². The third-order valence-electron chi connectivity index (χ3n) is 12.0. The molecule has 0 aliphatic carbocycles. The lowest BCUT2D eigenvalue weighted by molar-refractivity contribution is -0.436. The van der Waals surface area contributed by atoms with Crippen molar-refractivity contribution in [3.63, 3.8) is 0 Å². The average Bonchev–Trinajstić information content (AvgIpc) is 0.729. The highest BCUT2D eigenvalue weighted by molar-refractivity contribution is 5.94. The van der Waals surface area contributed by atoms with Gasteiger partial charge in [-0.2, -0.15) is 171 Å². The normalized spacial score (nSPS) is 16.0. The summed E-state index contributed by atoms with van der Waals surface area (Å²) in [6.45, 7) is 0. The maximum absolute atomic E-state index is 16.1. The van der Waals surface area contributed by atoms with E-state index in [4.69, 9.17) is 0 Å². The SMILES string of the molecule is FC(F)(F)C(F)(F)C(F)(F)C(F)(F)C(F)(F)C(F)(F)/C=C(\c1ccccc1)c1ccc(/C(=C/C(F)(F)C(F)(F)C(F)(F)C(F)(F)C(F)(F)C(F)(F)F)c2ccccc2)c(/C(=C/C(F)(F)C(F)(F)C(F)(F)C(F)(F)C(F)(F)C(F)(F)F)c2ccccc2)c1. The van der Waals surface area contributed by atoms with Gasteiger partial charge in [0.05, 0.1) is 0 Å². The molecule has 0 saturated carbocycles. The molecule has 0 nitrogen and oxygen atoms in total. The van der Waals surface area contributed by atoms with Crippen LogP contribution in [0.25, 0.3) is 16.7 Å². The second-order valence-corrected chi connectivity index (χ2v) is 17.8. The number of benzene rings is 4. The molecule has 0 fully saturated rings. The van der Waals surface area contributed by atoms with Crippen LogP contribution in [-0.2, 0) is 0 Å². The van der Waals surface area contributed by atoms with Gasteiger partial charge >= 0.3 is 107 Å². The lowest BCUT2D eigenvalue weighted by Gasteiger charge is -2.39. The Balaban J connectivity index is 2.42. The lowest BCUT2D eigenvalue weighted by atomic mass is 9.82. The molecular formula is C48H21F39. The smallest absolute Gasteiger partial charge is 0.195 e. The van der Waals surface area contributed by atoms with Crippen molar-refractivity contribution >= 4 is 16.7 Å². The maximum atomic E-state index is 16.1. The highest BCUT2D eigenvalue weighted by Gasteiger charge is 2.93. The van der Waals surface area contributed by atoms with Crippen LogP contribution in [0, 0.1) is 0 Å². The predicted octanol–water partition coefficient (Wildman–Crippen LogP) is 20.2. The van der Waals surface area contributed by atoms with Crippen molar-refractivity contribution in [3.8, 4) is 0 Å². The molecule has 0 aliphatic rings. The van der Waals surface area contributed by atoms with Crippen molar-refractivity contribution in [3.05, 3.63) is 161 Å². The van der Waals surface area contributed by atoms with E-state index in [9.17, 15) is 119 Å². The molecule has 0 saturated heterocycles. The summed E-state index contributed by atoms with van der Waals surface area (Å²) in [7, 11) is 0. The van der Waals surface area contributed by atoms with Gasteiger partial charge in [0.25, 0.3) is 0 Å². The van der Waals surface area contributed by atoms with Crippen LogP contribution in [0.15, 0.2) is 127 Å². The van der Waals surface area contributed by atoms with Gasteiger partial charge in [-0.25, -0.2) is 0 Å². The van der Waals surface area contributed by atoms with Crippen LogP contribution in [0.4, 0.5) is 171 Å². The largest absolute Gasteiger partial charge is 0.460 e. The molecule has 0 N–H and O–H groups in total. The first-order valence-corrected chi connectivity index (χ1v) is 21.8. The highest BCUT2D eigenvalue weighted by atomic mass is 19.5. The minimum absolute atomic E-state index is 0.0564.